The van der Waals surface area contributed by atoms with Crippen LogP contribution in [0.2, 0.25) is 0 Å². The van der Waals surface area contributed by atoms with Crippen molar-refractivity contribution in [2.24, 2.45) is 5.92 Å². The summed E-state index contributed by atoms with van der Waals surface area (Å²) in [7, 11) is 0. The molecule has 21 heavy (non-hydrogen) atoms. The Bertz CT molecular complexity index is 496. The molecule has 1 aromatic carbocycles. The topological polar surface area (TPSA) is 40.5 Å². The zero-order valence-electron chi connectivity index (χ0n) is 12.8. The lowest BCUT2D eigenvalue weighted by molar-refractivity contribution is 0.0697. The molecule has 1 aromatic rings. The standard InChI is InChI=1S/C17H24BrNO2/c1-12(2)9-10-19(14-5-3-4-6-14)16-8-7-13(17(20)21)11-15(16)18/h7-8,11-12,14H,3-6,9-10H2,1-2H3,(H,20,21). The largest absolute Gasteiger partial charge is 0.478 e. The maximum Gasteiger partial charge on any atom is 0.335 e. The predicted octanol–water partition coefficient (Wildman–Crippen LogP) is 4.94. The molecule has 0 saturated heterocycles. The van der Waals surface area contributed by atoms with Gasteiger partial charge >= 0.3 is 5.97 Å². The van der Waals surface area contributed by atoms with Gasteiger partial charge in [0.15, 0.2) is 0 Å². The lowest BCUT2D eigenvalue weighted by atomic mass is 10.1. The summed E-state index contributed by atoms with van der Waals surface area (Å²) in [6.45, 7) is 5.53. The Hall–Kier alpha value is -1.03. The molecule has 1 saturated carbocycles. The molecule has 0 aliphatic heterocycles. The molecule has 1 N–H and O–H groups in total. The van der Waals surface area contributed by atoms with Gasteiger partial charge in [-0.15, -0.1) is 0 Å². The molecule has 1 aliphatic carbocycles. The highest BCUT2D eigenvalue weighted by atomic mass is 79.9. The fourth-order valence-electron chi connectivity index (χ4n) is 2.99. The molecule has 1 fully saturated rings. The Morgan fingerprint density at radius 2 is 2.05 bits per heavy atom. The van der Waals surface area contributed by atoms with Crippen molar-refractivity contribution >= 4 is 27.6 Å². The maximum absolute atomic E-state index is 11.1. The molecular weight excluding hydrogens is 330 g/mol. The SMILES string of the molecule is CC(C)CCN(c1ccc(C(=O)O)cc1Br)C1CCCC1. The number of aromatic carboxylic acids is 1. The van der Waals surface area contributed by atoms with Gasteiger partial charge in [-0.3, -0.25) is 0 Å². The fourth-order valence-corrected chi connectivity index (χ4v) is 3.59. The molecule has 0 radical (unpaired) electrons. The van der Waals surface area contributed by atoms with Gasteiger partial charge in [-0.1, -0.05) is 26.7 Å². The summed E-state index contributed by atoms with van der Waals surface area (Å²) in [5, 5.41) is 9.09. The summed E-state index contributed by atoms with van der Waals surface area (Å²) < 4.78 is 0.887. The number of hydrogen-bond donors (Lipinski definition) is 1. The summed E-state index contributed by atoms with van der Waals surface area (Å²) >= 11 is 3.57. The van der Waals surface area contributed by atoms with Gasteiger partial charge in [-0.25, -0.2) is 4.79 Å². The smallest absolute Gasteiger partial charge is 0.335 e. The van der Waals surface area contributed by atoms with E-state index in [4.69, 9.17) is 5.11 Å². The van der Waals surface area contributed by atoms with E-state index in [9.17, 15) is 4.79 Å². The van der Waals surface area contributed by atoms with Crippen molar-refractivity contribution in [3.8, 4) is 0 Å². The Morgan fingerprint density at radius 1 is 1.38 bits per heavy atom. The van der Waals surface area contributed by atoms with Gasteiger partial charge in [0, 0.05) is 17.1 Å². The second-order valence-corrected chi connectivity index (χ2v) is 7.14. The molecule has 0 heterocycles. The number of carboxylic acid groups (broad SMARTS) is 1. The summed E-state index contributed by atoms with van der Waals surface area (Å²) in [5.41, 5.74) is 1.47. The molecule has 0 amide bonds. The number of carboxylic acids is 1. The van der Waals surface area contributed by atoms with Crippen molar-refractivity contribution in [2.75, 3.05) is 11.4 Å². The molecule has 2 rings (SSSR count). The van der Waals surface area contributed by atoms with Crippen LogP contribution in [-0.2, 0) is 0 Å². The first-order chi connectivity index (χ1) is 9.99. The van der Waals surface area contributed by atoms with Crippen LogP contribution in [0, 0.1) is 5.92 Å². The van der Waals surface area contributed by atoms with Crippen LogP contribution in [0.3, 0.4) is 0 Å². The Balaban J connectivity index is 2.24. The Morgan fingerprint density at radius 3 is 2.57 bits per heavy atom. The third-order valence-corrected chi connectivity index (χ3v) is 4.85. The second kappa shape index (κ2) is 7.30. The zero-order chi connectivity index (χ0) is 15.4. The van der Waals surface area contributed by atoms with Gasteiger partial charge < -0.3 is 10.0 Å². The minimum Gasteiger partial charge on any atom is -0.478 e. The maximum atomic E-state index is 11.1. The predicted molar refractivity (Wildman–Crippen MR) is 90.2 cm³/mol. The number of carbonyl (C=O) groups is 1. The highest BCUT2D eigenvalue weighted by molar-refractivity contribution is 9.10. The molecule has 116 valence electrons. The van der Waals surface area contributed by atoms with Gasteiger partial charge in [0.05, 0.1) is 11.3 Å². The van der Waals surface area contributed by atoms with E-state index in [0.717, 1.165) is 23.1 Å². The highest BCUT2D eigenvalue weighted by Gasteiger charge is 2.24. The van der Waals surface area contributed by atoms with Crippen LogP contribution in [0.5, 0.6) is 0 Å². The third kappa shape index (κ3) is 4.22. The van der Waals surface area contributed by atoms with Crippen molar-refractivity contribution < 1.29 is 9.90 Å². The average molecular weight is 354 g/mol. The molecule has 1 aliphatic rings. The molecule has 0 atom stereocenters. The van der Waals surface area contributed by atoms with E-state index >= 15 is 0 Å². The van der Waals surface area contributed by atoms with Crippen LogP contribution in [0.25, 0.3) is 0 Å². The summed E-state index contributed by atoms with van der Waals surface area (Å²) in [5.74, 6) is -0.206. The van der Waals surface area contributed by atoms with Crippen molar-refractivity contribution in [3.05, 3.63) is 28.2 Å². The first-order valence-corrected chi connectivity index (χ1v) is 8.58. The number of anilines is 1. The first kappa shape index (κ1) is 16.3. The monoisotopic (exact) mass is 353 g/mol. The van der Waals surface area contributed by atoms with Crippen LogP contribution in [0.15, 0.2) is 22.7 Å². The zero-order valence-corrected chi connectivity index (χ0v) is 14.4. The van der Waals surface area contributed by atoms with Crippen LogP contribution in [-0.4, -0.2) is 23.7 Å². The average Bonchev–Trinajstić information content (AvgIpc) is 2.94. The van der Waals surface area contributed by atoms with Crippen molar-refractivity contribution in [1.82, 2.24) is 0 Å². The second-order valence-electron chi connectivity index (χ2n) is 6.29. The molecule has 0 bridgehead atoms. The van der Waals surface area contributed by atoms with Gasteiger partial charge in [-0.05, 0) is 59.3 Å². The quantitative estimate of drug-likeness (QED) is 0.786. The Kier molecular flexibility index (Phi) is 5.68. The van der Waals surface area contributed by atoms with Crippen molar-refractivity contribution in [1.29, 1.82) is 0 Å². The van der Waals surface area contributed by atoms with E-state index < -0.39 is 5.97 Å². The van der Waals surface area contributed by atoms with E-state index in [1.54, 1.807) is 12.1 Å². The summed E-state index contributed by atoms with van der Waals surface area (Å²) in [4.78, 5) is 13.5. The van der Waals surface area contributed by atoms with Gasteiger partial charge in [0.2, 0.25) is 0 Å². The third-order valence-electron chi connectivity index (χ3n) is 4.22. The first-order valence-electron chi connectivity index (χ1n) is 7.78. The lowest BCUT2D eigenvalue weighted by Crippen LogP contribution is -2.35. The number of nitrogens with zero attached hydrogens (tertiary/aromatic N) is 1. The van der Waals surface area contributed by atoms with Crippen molar-refractivity contribution in [2.45, 2.75) is 52.0 Å². The van der Waals surface area contributed by atoms with Crippen molar-refractivity contribution in [3.63, 3.8) is 0 Å². The number of benzene rings is 1. The molecule has 3 nitrogen and oxygen atoms in total. The van der Waals surface area contributed by atoms with E-state index in [1.807, 2.05) is 6.07 Å². The van der Waals surface area contributed by atoms with E-state index in [-0.39, 0.29) is 0 Å². The van der Waals surface area contributed by atoms with E-state index in [1.165, 1.54) is 25.7 Å². The van der Waals surface area contributed by atoms with Crippen LogP contribution in [0.4, 0.5) is 5.69 Å². The molecular formula is C17H24BrNO2. The van der Waals surface area contributed by atoms with Gasteiger partial charge in [0.1, 0.15) is 0 Å². The lowest BCUT2D eigenvalue weighted by Gasteiger charge is -2.33. The molecule has 4 heteroatoms. The number of halogens is 1. The van der Waals surface area contributed by atoms with Crippen LogP contribution >= 0.6 is 15.9 Å². The normalized spacial score (nSPS) is 15.6. The number of rotatable bonds is 6. The summed E-state index contributed by atoms with van der Waals surface area (Å²) in [6.07, 6.45) is 6.24. The molecule has 0 spiro atoms. The van der Waals surface area contributed by atoms with Crippen LogP contribution < -0.4 is 4.90 Å². The fraction of sp³-hybridized carbons (Fsp3) is 0.588. The van der Waals surface area contributed by atoms with Gasteiger partial charge in [-0.2, -0.15) is 0 Å². The van der Waals surface area contributed by atoms with Crippen LogP contribution in [0.1, 0.15) is 56.3 Å². The highest BCUT2D eigenvalue weighted by Crippen LogP contribution is 2.34. The van der Waals surface area contributed by atoms with Gasteiger partial charge in [0.25, 0.3) is 0 Å². The molecule has 0 unspecified atom stereocenters. The summed E-state index contributed by atoms with van der Waals surface area (Å²) in [6, 6.07) is 5.97. The Labute approximate surface area is 135 Å². The molecule has 0 aromatic heterocycles. The van der Waals surface area contributed by atoms with E-state index in [0.29, 0.717) is 17.5 Å². The minimum absolute atomic E-state index is 0.334. The minimum atomic E-state index is -0.878. The number of hydrogen-bond acceptors (Lipinski definition) is 2. The van der Waals surface area contributed by atoms with E-state index in [2.05, 4.69) is 34.7 Å².